The fourth-order valence-electron chi connectivity index (χ4n) is 2.16. The molecule has 2 rings (SSSR count). The van der Waals surface area contributed by atoms with E-state index in [0.29, 0.717) is 12.8 Å². The highest BCUT2D eigenvalue weighted by atomic mass is 32.2. The second-order valence-corrected chi connectivity index (χ2v) is 6.49. The molecule has 0 aromatic carbocycles. The molecular formula is C12H17NO7S. The SMILES string of the molecule is O=C(O)c1ccc(S(=O)(=O)N2CCC(OCCO)CC2)o1. The predicted octanol–water partition coefficient (Wildman–Crippen LogP) is 0.140. The fraction of sp³-hybridized carbons (Fsp3) is 0.583. The van der Waals surface area contributed by atoms with Crippen LogP contribution >= 0.6 is 0 Å². The van der Waals surface area contributed by atoms with E-state index in [1.54, 1.807) is 0 Å². The van der Waals surface area contributed by atoms with Crippen LogP contribution in [0.2, 0.25) is 0 Å². The van der Waals surface area contributed by atoms with Crippen LogP contribution < -0.4 is 0 Å². The topological polar surface area (TPSA) is 117 Å². The van der Waals surface area contributed by atoms with Gasteiger partial charge in [0.1, 0.15) is 0 Å². The van der Waals surface area contributed by atoms with E-state index in [0.717, 1.165) is 12.1 Å². The number of carbonyl (C=O) groups is 1. The van der Waals surface area contributed by atoms with Gasteiger partial charge in [-0.1, -0.05) is 0 Å². The fourth-order valence-corrected chi connectivity index (χ4v) is 3.54. The van der Waals surface area contributed by atoms with Crippen molar-refractivity contribution in [2.75, 3.05) is 26.3 Å². The zero-order valence-corrected chi connectivity index (χ0v) is 12.1. The molecule has 1 fully saturated rings. The van der Waals surface area contributed by atoms with Gasteiger partial charge in [0.15, 0.2) is 0 Å². The Bertz CT molecular complexity index is 587. The van der Waals surface area contributed by atoms with Gasteiger partial charge < -0.3 is 19.4 Å². The number of aliphatic hydroxyl groups excluding tert-OH is 1. The number of aromatic carboxylic acids is 1. The third kappa shape index (κ3) is 3.62. The molecule has 0 spiro atoms. The molecule has 2 heterocycles. The summed E-state index contributed by atoms with van der Waals surface area (Å²) >= 11 is 0. The molecule has 1 aromatic rings. The van der Waals surface area contributed by atoms with Gasteiger partial charge in [0.2, 0.25) is 10.9 Å². The molecule has 0 saturated carbocycles. The first-order chi connectivity index (χ1) is 9.95. The van der Waals surface area contributed by atoms with Gasteiger partial charge in [-0.2, -0.15) is 4.31 Å². The maximum Gasteiger partial charge on any atom is 0.371 e. The van der Waals surface area contributed by atoms with Crippen molar-refractivity contribution < 1.29 is 32.6 Å². The lowest BCUT2D eigenvalue weighted by Gasteiger charge is -2.30. The average Bonchev–Trinajstić information content (AvgIpc) is 2.96. The van der Waals surface area contributed by atoms with E-state index in [2.05, 4.69) is 0 Å². The van der Waals surface area contributed by atoms with E-state index in [4.69, 9.17) is 19.4 Å². The van der Waals surface area contributed by atoms with Crippen LogP contribution in [0, 0.1) is 0 Å². The minimum absolute atomic E-state index is 0.0666. The summed E-state index contributed by atoms with van der Waals surface area (Å²) in [5, 5.41) is 17.1. The Kier molecular flexibility index (Phi) is 4.99. The van der Waals surface area contributed by atoms with Crippen molar-refractivity contribution in [1.29, 1.82) is 0 Å². The molecule has 0 atom stereocenters. The summed E-state index contributed by atoms with van der Waals surface area (Å²) < 4.78 is 36.1. The number of piperidine rings is 1. The maximum absolute atomic E-state index is 12.3. The molecule has 1 saturated heterocycles. The first kappa shape index (κ1) is 16.0. The highest BCUT2D eigenvalue weighted by Crippen LogP contribution is 2.23. The van der Waals surface area contributed by atoms with Crippen molar-refractivity contribution >= 4 is 16.0 Å². The molecule has 1 aliphatic rings. The molecule has 8 nitrogen and oxygen atoms in total. The highest BCUT2D eigenvalue weighted by Gasteiger charge is 2.32. The molecular weight excluding hydrogens is 302 g/mol. The smallest absolute Gasteiger partial charge is 0.371 e. The van der Waals surface area contributed by atoms with Crippen LogP contribution in [0.4, 0.5) is 0 Å². The minimum Gasteiger partial charge on any atom is -0.475 e. The highest BCUT2D eigenvalue weighted by molar-refractivity contribution is 7.89. The van der Waals surface area contributed by atoms with Gasteiger partial charge in [-0.3, -0.25) is 0 Å². The molecule has 0 aliphatic carbocycles. The van der Waals surface area contributed by atoms with E-state index < -0.39 is 21.8 Å². The number of carboxylic acid groups (broad SMARTS) is 1. The number of rotatable bonds is 6. The number of furan rings is 1. The second-order valence-electron chi connectivity index (χ2n) is 4.62. The van der Waals surface area contributed by atoms with E-state index >= 15 is 0 Å². The Morgan fingerprint density at radius 2 is 2.05 bits per heavy atom. The number of sulfonamides is 1. The second kappa shape index (κ2) is 6.56. The molecule has 21 heavy (non-hydrogen) atoms. The van der Waals surface area contributed by atoms with Crippen LogP contribution in [0.5, 0.6) is 0 Å². The number of aliphatic hydroxyl groups is 1. The van der Waals surface area contributed by atoms with E-state index in [-0.39, 0.29) is 37.5 Å². The predicted molar refractivity (Wildman–Crippen MR) is 70.5 cm³/mol. The zero-order chi connectivity index (χ0) is 15.5. The zero-order valence-electron chi connectivity index (χ0n) is 11.3. The lowest BCUT2D eigenvalue weighted by Crippen LogP contribution is -2.40. The third-order valence-electron chi connectivity index (χ3n) is 3.23. The monoisotopic (exact) mass is 319 g/mol. The summed E-state index contributed by atoms with van der Waals surface area (Å²) in [7, 11) is -3.82. The van der Waals surface area contributed by atoms with E-state index in [1.165, 1.54) is 4.31 Å². The van der Waals surface area contributed by atoms with Crippen molar-refractivity contribution in [2.45, 2.75) is 24.0 Å². The van der Waals surface area contributed by atoms with Gasteiger partial charge in [-0.05, 0) is 25.0 Å². The van der Waals surface area contributed by atoms with E-state index in [9.17, 15) is 13.2 Å². The Morgan fingerprint density at radius 1 is 1.38 bits per heavy atom. The van der Waals surface area contributed by atoms with Gasteiger partial charge in [-0.15, -0.1) is 0 Å². The minimum atomic E-state index is -3.82. The van der Waals surface area contributed by atoms with Crippen molar-refractivity contribution in [3.8, 4) is 0 Å². The molecule has 1 aromatic heterocycles. The normalized spacial score (nSPS) is 18.0. The lowest BCUT2D eigenvalue weighted by molar-refractivity contribution is 0.00304. The Hall–Kier alpha value is -1.42. The molecule has 0 bridgehead atoms. The van der Waals surface area contributed by atoms with E-state index in [1.807, 2.05) is 0 Å². The Labute approximate surface area is 122 Å². The van der Waals surface area contributed by atoms with Crippen LogP contribution in [-0.4, -0.2) is 61.3 Å². The van der Waals surface area contributed by atoms with Crippen LogP contribution in [0.3, 0.4) is 0 Å². The van der Waals surface area contributed by atoms with Gasteiger partial charge in [0.05, 0.1) is 19.3 Å². The van der Waals surface area contributed by atoms with Crippen molar-refractivity contribution in [2.24, 2.45) is 0 Å². The Balaban J connectivity index is 2.02. The summed E-state index contributed by atoms with van der Waals surface area (Å²) in [6.07, 6.45) is 0.965. The quantitative estimate of drug-likeness (QED) is 0.765. The van der Waals surface area contributed by atoms with Gasteiger partial charge >= 0.3 is 5.97 Å². The van der Waals surface area contributed by atoms with Gasteiger partial charge in [0.25, 0.3) is 10.0 Å². The molecule has 0 unspecified atom stereocenters. The first-order valence-electron chi connectivity index (χ1n) is 6.51. The summed E-state index contributed by atoms with van der Waals surface area (Å²) in [4.78, 5) is 10.7. The molecule has 9 heteroatoms. The summed E-state index contributed by atoms with van der Waals surface area (Å²) in [6.45, 7) is 0.698. The maximum atomic E-state index is 12.3. The Morgan fingerprint density at radius 3 is 2.57 bits per heavy atom. The van der Waals surface area contributed by atoms with Crippen LogP contribution in [0.25, 0.3) is 0 Å². The van der Waals surface area contributed by atoms with Crippen molar-refractivity contribution in [3.63, 3.8) is 0 Å². The number of ether oxygens (including phenoxy) is 1. The number of nitrogens with zero attached hydrogens (tertiary/aromatic N) is 1. The molecule has 0 amide bonds. The summed E-state index contributed by atoms with van der Waals surface area (Å²) in [5.74, 6) is -1.72. The van der Waals surface area contributed by atoms with Crippen LogP contribution in [0.1, 0.15) is 23.4 Å². The standard InChI is InChI=1S/C12H17NO7S/c14-7-8-19-9-3-5-13(6-4-9)21(17,18)11-2-1-10(20-11)12(15)16/h1-2,9,14H,3-8H2,(H,15,16). The molecule has 2 N–H and O–H groups in total. The summed E-state index contributed by atoms with van der Waals surface area (Å²) in [5.41, 5.74) is 0. The van der Waals surface area contributed by atoms with Crippen molar-refractivity contribution in [1.82, 2.24) is 4.31 Å². The van der Waals surface area contributed by atoms with Gasteiger partial charge in [0, 0.05) is 13.1 Å². The largest absolute Gasteiger partial charge is 0.475 e. The molecule has 1 aliphatic heterocycles. The van der Waals surface area contributed by atoms with Crippen LogP contribution in [-0.2, 0) is 14.8 Å². The lowest BCUT2D eigenvalue weighted by atomic mass is 10.1. The van der Waals surface area contributed by atoms with Crippen molar-refractivity contribution in [3.05, 3.63) is 17.9 Å². The van der Waals surface area contributed by atoms with Crippen LogP contribution in [0.15, 0.2) is 21.6 Å². The number of hydrogen-bond acceptors (Lipinski definition) is 6. The molecule has 0 radical (unpaired) electrons. The number of carboxylic acids is 1. The molecule has 118 valence electrons. The van der Waals surface area contributed by atoms with Gasteiger partial charge in [-0.25, -0.2) is 13.2 Å². The third-order valence-corrected chi connectivity index (χ3v) is 5.00. The first-order valence-corrected chi connectivity index (χ1v) is 7.95. The average molecular weight is 319 g/mol. The number of hydrogen-bond donors (Lipinski definition) is 2. The summed E-state index contributed by atoms with van der Waals surface area (Å²) in [6, 6.07) is 2.26.